The highest BCUT2D eigenvalue weighted by molar-refractivity contribution is 9.10. The minimum Gasteiger partial charge on any atom is -0.198 e. The molecule has 0 saturated heterocycles. The zero-order valence-electron chi connectivity index (χ0n) is 7.06. The molecule has 0 heterocycles. The summed E-state index contributed by atoms with van der Waals surface area (Å²) in [6.07, 6.45) is 1.35. The van der Waals surface area contributed by atoms with Crippen molar-refractivity contribution in [3.05, 3.63) is 33.8 Å². The topological polar surface area (TPSA) is 23.8 Å². The van der Waals surface area contributed by atoms with Crippen molar-refractivity contribution in [1.82, 2.24) is 0 Å². The zero-order chi connectivity index (χ0) is 9.68. The Kier molecular flexibility index (Phi) is 4.27. The maximum atomic E-state index is 8.43. The quantitative estimate of drug-likeness (QED) is 0.759. The Morgan fingerprint density at radius 3 is 2.77 bits per heavy atom. The van der Waals surface area contributed by atoms with Crippen molar-refractivity contribution in [1.29, 1.82) is 5.26 Å². The van der Waals surface area contributed by atoms with Crippen LogP contribution in [0.1, 0.15) is 17.5 Å². The summed E-state index contributed by atoms with van der Waals surface area (Å²) in [6, 6.07) is 8.13. The van der Waals surface area contributed by atoms with Crippen molar-refractivity contribution in [2.24, 2.45) is 0 Å². The SMILES string of the molecule is N#CCCc1ccc(CCl)cc1Br. The number of benzene rings is 1. The predicted octanol–water partition coefficient (Wildman–Crippen LogP) is 3.64. The highest BCUT2D eigenvalue weighted by Gasteiger charge is 2.00. The van der Waals surface area contributed by atoms with Gasteiger partial charge in [-0.1, -0.05) is 28.1 Å². The van der Waals surface area contributed by atoms with E-state index in [0.717, 1.165) is 22.0 Å². The lowest BCUT2D eigenvalue weighted by Crippen LogP contribution is -1.87. The predicted molar refractivity (Wildman–Crippen MR) is 57.6 cm³/mol. The number of rotatable bonds is 3. The van der Waals surface area contributed by atoms with Crippen LogP contribution in [0.2, 0.25) is 0 Å². The van der Waals surface area contributed by atoms with Gasteiger partial charge in [0.05, 0.1) is 6.07 Å². The molecule has 1 rings (SSSR count). The average molecular weight is 259 g/mol. The fourth-order valence-electron chi connectivity index (χ4n) is 1.07. The van der Waals surface area contributed by atoms with Crippen molar-refractivity contribution in [2.75, 3.05) is 0 Å². The van der Waals surface area contributed by atoms with Crippen LogP contribution in [-0.2, 0) is 12.3 Å². The molecule has 13 heavy (non-hydrogen) atoms. The Morgan fingerprint density at radius 2 is 2.23 bits per heavy atom. The van der Waals surface area contributed by atoms with E-state index >= 15 is 0 Å². The van der Waals surface area contributed by atoms with Crippen LogP contribution < -0.4 is 0 Å². The summed E-state index contributed by atoms with van der Waals surface area (Å²) in [4.78, 5) is 0. The third kappa shape index (κ3) is 3.02. The van der Waals surface area contributed by atoms with Gasteiger partial charge in [-0.2, -0.15) is 5.26 Å². The van der Waals surface area contributed by atoms with Gasteiger partial charge in [0, 0.05) is 16.8 Å². The second-order valence-electron chi connectivity index (χ2n) is 2.72. The van der Waals surface area contributed by atoms with Crippen molar-refractivity contribution in [2.45, 2.75) is 18.7 Å². The molecular formula is C10H9BrClN. The maximum absolute atomic E-state index is 8.43. The third-order valence-corrected chi connectivity index (χ3v) is 2.82. The molecule has 0 aliphatic heterocycles. The monoisotopic (exact) mass is 257 g/mol. The van der Waals surface area contributed by atoms with Gasteiger partial charge >= 0.3 is 0 Å². The minimum absolute atomic E-state index is 0.525. The molecule has 0 unspecified atom stereocenters. The first-order chi connectivity index (χ1) is 6.27. The van der Waals surface area contributed by atoms with Crippen LogP contribution in [0.25, 0.3) is 0 Å². The Morgan fingerprint density at radius 1 is 1.46 bits per heavy atom. The average Bonchev–Trinajstić information content (AvgIpc) is 2.16. The van der Waals surface area contributed by atoms with Gasteiger partial charge in [-0.25, -0.2) is 0 Å². The number of hydrogen-bond donors (Lipinski definition) is 0. The summed E-state index contributed by atoms with van der Waals surface area (Å²) in [5.41, 5.74) is 2.25. The van der Waals surface area contributed by atoms with Crippen LogP contribution >= 0.6 is 27.5 Å². The molecule has 0 aromatic heterocycles. The lowest BCUT2D eigenvalue weighted by atomic mass is 10.1. The summed E-state index contributed by atoms with van der Waals surface area (Å²) in [7, 11) is 0. The normalized spacial score (nSPS) is 9.62. The second kappa shape index (κ2) is 5.26. The van der Waals surface area contributed by atoms with Crippen LogP contribution in [-0.4, -0.2) is 0 Å². The van der Waals surface area contributed by atoms with Gasteiger partial charge in [0.15, 0.2) is 0 Å². The Balaban J connectivity index is 2.80. The smallest absolute Gasteiger partial charge is 0.0625 e. The Bertz CT molecular complexity index is 330. The molecule has 68 valence electrons. The standard InChI is InChI=1S/C10H9BrClN/c11-10-6-8(7-12)3-4-9(10)2-1-5-13/h3-4,6H,1-2,7H2. The maximum Gasteiger partial charge on any atom is 0.0625 e. The molecule has 3 heteroatoms. The number of nitriles is 1. The molecule has 1 aromatic rings. The van der Waals surface area contributed by atoms with Gasteiger partial charge in [-0.3, -0.25) is 0 Å². The molecule has 0 bridgehead atoms. The van der Waals surface area contributed by atoms with Crippen LogP contribution in [0, 0.1) is 11.3 Å². The second-order valence-corrected chi connectivity index (χ2v) is 3.84. The van der Waals surface area contributed by atoms with Crippen molar-refractivity contribution in [3.8, 4) is 6.07 Å². The lowest BCUT2D eigenvalue weighted by Gasteiger charge is -2.03. The largest absolute Gasteiger partial charge is 0.198 e. The molecular weight excluding hydrogens is 249 g/mol. The van der Waals surface area contributed by atoms with E-state index in [1.807, 2.05) is 18.2 Å². The molecule has 0 aliphatic carbocycles. The van der Waals surface area contributed by atoms with Gasteiger partial charge in [0.1, 0.15) is 0 Å². The molecule has 0 atom stereocenters. The summed E-state index contributed by atoms with van der Waals surface area (Å²) in [6.45, 7) is 0. The molecule has 0 amide bonds. The van der Waals surface area contributed by atoms with Gasteiger partial charge < -0.3 is 0 Å². The van der Waals surface area contributed by atoms with Crippen LogP contribution in [0.3, 0.4) is 0 Å². The first kappa shape index (κ1) is 10.6. The minimum atomic E-state index is 0.525. The molecule has 1 aromatic carbocycles. The van der Waals surface area contributed by atoms with E-state index in [2.05, 4.69) is 22.0 Å². The summed E-state index contributed by atoms with van der Waals surface area (Å²) in [5.74, 6) is 0.525. The van der Waals surface area contributed by atoms with E-state index in [9.17, 15) is 0 Å². The number of halogens is 2. The number of nitrogens with zero attached hydrogens (tertiary/aromatic N) is 1. The number of hydrogen-bond acceptors (Lipinski definition) is 1. The highest BCUT2D eigenvalue weighted by atomic mass is 79.9. The van der Waals surface area contributed by atoms with Gasteiger partial charge in [0.2, 0.25) is 0 Å². The van der Waals surface area contributed by atoms with Gasteiger partial charge in [0.25, 0.3) is 0 Å². The highest BCUT2D eigenvalue weighted by Crippen LogP contribution is 2.20. The van der Waals surface area contributed by atoms with Gasteiger partial charge in [-0.05, 0) is 23.6 Å². The first-order valence-electron chi connectivity index (χ1n) is 3.98. The van der Waals surface area contributed by atoms with Crippen LogP contribution in [0.15, 0.2) is 22.7 Å². The molecule has 0 aliphatic rings. The van der Waals surface area contributed by atoms with Crippen molar-refractivity contribution >= 4 is 27.5 Å². The molecule has 0 saturated carbocycles. The Labute approximate surface area is 91.5 Å². The fourth-order valence-corrected chi connectivity index (χ4v) is 1.86. The molecule has 0 radical (unpaired) electrons. The van der Waals surface area contributed by atoms with Crippen molar-refractivity contribution < 1.29 is 0 Å². The number of aryl methyl sites for hydroxylation is 1. The van der Waals surface area contributed by atoms with Crippen LogP contribution in [0.5, 0.6) is 0 Å². The van der Waals surface area contributed by atoms with E-state index in [4.69, 9.17) is 16.9 Å². The van der Waals surface area contributed by atoms with E-state index in [0.29, 0.717) is 12.3 Å². The fraction of sp³-hybridized carbons (Fsp3) is 0.300. The molecule has 1 nitrogen and oxygen atoms in total. The van der Waals surface area contributed by atoms with E-state index in [1.54, 1.807) is 0 Å². The van der Waals surface area contributed by atoms with E-state index in [-0.39, 0.29) is 0 Å². The first-order valence-corrected chi connectivity index (χ1v) is 5.31. The summed E-state index contributed by atoms with van der Waals surface area (Å²) in [5, 5.41) is 8.43. The molecule has 0 spiro atoms. The number of alkyl halides is 1. The zero-order valence-corrected chi connectivity index (χ0v) is 9.40. The molecule has 0 N–H and O–H groups in total. The van der Waals surface area contributed by atoms with Crippen LogP contribution in [0.4, 0.5) is 0 Å². The van der Waals surface area contributed by atoms with E-state index < -0.39 is 0 Å². The summed E-state index contributed by atoms with van der Waals surface area (Å²) < 4.78 is 1.04. The summed E-state index contributed by atoms with van der Waals surface area (Å²) >= 11 is 9.13. The molecule has 0 fully saturated rings. The van der Waals surface area contributed by atoms with Gasteiger partial charge in [-0.15, -0.1) is 11.6 Å². The Hall–Kier alpha value is -0.520. The third-order valence-electron chi connectivity index (χ3n) is 1.78. The van der Waals surface area contributed by atoms with Crippen molar-refractivity contribution in [3.63, 3.8) is 0 Å². The van der Waals surface area contributed by atoms with E-state index in [1.165, 1.54) is 0 Å². The lowest BCUT2D eigenvalue weighted by molar-refractivity contribution is 1.00.